The maximum Gasteiger partial charge on any atom is 0.193 e. The molecule has 0 aliphatic rings. The highest BCUT2D eigenvalue weighted by atomic mass is 32.1. The Balaban J connectivity index is 1.53. The van der Waals surface area contributed by atoms with Crippen LogP contribution in [-0.4, -0.2) is 14.0 Å². The lowest BCUT2D eigenvalue weighted by molar-refractivity contribution is 0.559. The number of aryl methyl sites for hydroxylation is 2. The van der Waals surface area contributed by atoms with Crippen LogP contribution in [0.1, 0.15) is 29.9 Å². The average molecular weight is 324 g/mol. The number of rotatable bonds is 4. The van der Waals surface area contributed by atoms with E-state index in [1.165, 1.54) is 27.9 Å². The summed E-state index contributed by atoms with van der Waals surface area (Å²) in [6.07, 6.45) is 4.05. The van der Waals surface area contributed by atoms with Crippen LogP contribution >= 0.6 is 11.3 Å². The molecule has 0 saturated heterocycles. The zero-order valence-corrected chi connectivity index (χ0v) is 14.4. The third-order valence-corrected chi connectivity index (χ3v) is 5.35. The molecule has 0 spiro atoms. The van der Waals surface area contributed by atoms with Gasteiger partial charge in [0.2, 0.25) is 0 Å². The minimum absolute atomic E-state index is 0.257. The summed E-state index contributed by atoms with van der Waals surface area (Å²) in [7, 11) is 2.11. The second-order valence-corrected chi connectivity index (χ2v) is 6.95. The number of benzene rings is 1. The molecule has 0 fully saturated rings. The number of hydrogen-bond acceptors (Lipinski definition) is 3. The Morgan fingerprint density at radius 1 is 1.30 bits per heavy atom. The van der Waals surface area contributed by atoms with E-state index >= 15 is 0 Å². The van der Waals surface area contributed by atoms with Gasteiger partial charge in [-0.2, -0.15) is 0 Å². The molecule has 4 aromatic rings. The van der Waals surface area contributed by atoms with Gasteiger partial charge >= 0.3 is 0 Å². The highest BCUT2D eigenvalue weighted by molar-refractivity contribution is 7.15. The zero-order chi connectivity index (χ0) is 16.0. The smallest absolute Gasteiger partial charge is 0.193 e. The monoisotopic (exact) mass is 324 g/mol. The Bertz CT molecular complexity index is 976. The normalized spacial score (nSPS) is 13.2. The van der Waals surface area contributed by atoms with Gasteiger partial charge in [0.1, 0.15) is 0 Å². The van der Waals surface area contributed by atoms with E-state index < -0.39 is 0 Å². The van der Waals surface area contributed by atoms with Crippen LogP contribution in [0.15, 0.2) is 42.0 Å². The number of nitrogens with zero attached hydrogens (tertiary/aromatic N) is 3. The fourth-order valence-corrected chi connectivity index (χ4v) is 3.79. The number of nitrogens with one attached hydrogen (secondary N) is 1. The number of thiazole rings is 1. The van der Waals surface area contributed by atoms with E-state index in [0.717, 1.165) is 11.5 Å². The molecular weight excluding hydrogens is 304 g/mol. The Morgan fingerprint density at radius 3 is 3.04 bits per heavy atom. The van der Waals surface area contributed by atoms with Gasteiger partial charge in [-0.1, -0.05) is 6.07 Å². The van der Waals surface area contributed by atoms with Crippen LogP contribution in [0.25, 0.3) is 15.9 Å². The second kappa shape index (κ2) is 5.51. The van der Waals surface area contributed by atoms with Crippen molar-refractivity contribution < 1.29 is 0 Å². The van der Waals surface area contributed by atoms with Crippen molar-refractivity contribution in [3.8, 4) is 0 Å². The van der Waals surface area contributed by atoms with Crippen LogP contribution < -0.4 is 5.32 Å². The molecule has 1 unspecified atom stereocenters. The molecule has 0 aliphatic carbocycles. The Morgan fingerprint density at radius 2 is 2.17 bits per heavy atom. The maximum absolute atomic E-state index is 4.45. The first-order chi connectivity index (χ1) is 11.1. The van der Waals surface area contributed by atoms with Crippen LogP contribution in [0, 0.1) is 6.92 Å². The van der Waals surface area contributed by atoms with Crippen LogP contribution in [0.3, 0.4) is 0 Å². The van der Waals surface area contributed by atoms with Crippen molar-refractivity contribution in [1.29, 1.82) is 0 Å². The summed E-state index contributed by atoms with van der Waals surface area (Å²) in [6, 6.07) is 9.19. The minimum atomic E-state index is 0.257. The standard InChI is InChI=1S/C18H20N4S/c1-12-8-15-9-14(4-5-16(15)21(12)3)10-19-13(2)17-11-20-18-22(17)6-7-23-18/h4-9,11,13,19H,10H2,1-3H3. The maximum atomic E-state index is 4.45. The number of fused-ring (bicyclic) bond motifs is 2. The van der Waals surface area contributed by atoms with Crippen molar-refractivity contribution in [3.63, 3.8) is 0 Å². The molecule has 1 atom stereocenters. The first-order valence-corrected chi connectivity index (χ1v) is 8.70. The topological polar surface area (TPSA) is 34.3 Å². The molecule has 0 aliphatic heterocycles. The minimum Gasteiger partial charge on any atom is -0.348 e. The average Bonchev–Trinajstić information content (AvgIpc) is 3.21. The van der Waals surface area contributed by atoms with Crippen molar-refractivity contribution in [2.45, 2.75) is 26.4 Å². The molecule has 0 radical (unpaired) electrons. The third-order valence-electron chi connectivity index (χ3n) is 4.58. The van der Waals surface area contributed by atoms with Gasteiger partial charge in [0.25, 0.3) is 0 Å². The number of hydrogen-bond donors (Lipinski definition) is 1. The molecule has 0 saturated carbocycles. The van der Waals surface area contributed by atoms with Crippen molar-refractivity contribution in [2.24, 2.45) is 7.05 Å². The lowest BCUT2D eigenvalue weighted by Crippen LogP contribution is -2.19. The van der Waals surface area contributed by atoms with Gasteiger partial charge in [-0.25, -0.2) is 4.98 Å². The molecule has 118 valence electrons. The van der Waals surface area contributed by atoms with Crippen LogP contribution in [0.4, 0.5) is 0 Å². The molecule has 0 bridgehead atoms. The Labute approximate surface area is 139 Å². The summed E-state index contributed by atoms with van der Waals surface area (Å²) < 4.78 is 4.39. The van der Waals surface area contributed by atoms with E-state index in [9.17, 15) is 0 Å². The molecule has 1 N–H and O–H groups in total. The molecule has 4 nitrogen and oxygen atoms in total. The van der Waals surface area contributed by atoms with Crippen LogP contribution in [0.2, 0.25) is 0 Å². The van der Waals surface area contributed by atoms with Crippen molar-refractivity contribution in [1.82, 2.24) is 19.3 Å². The first-order valence-electron chi connectivity index (χ1n) is 7.82. The summed E-state index contributed by atoms with van der Waals surface area (Å²) in [5, 5.41) is 6.99. The third kappa shape index (κ3) is 2.46. The first kappa shape index (κ1) is 14.5. The summed E-state index contributed by atoms with van der Waals surface area (Å²) in [6.45, 7) is 5.18. The Kier molecular flexibility index (Phi) is 3.47. The van der Waals surface area contributed by atoms with Gasteiger partial charge in [0.05, 0.1) is 11.9 Å². The largest absolute Gasteiger partial charge is 0.348 e. The quantitative estimate of drug-likeness (QED) is 0.614. The van der Waals surface area contributed by atoms with Crippen molar-refractivity contribution in [3.05, 3.63) is 59.0 Å². The van der Waals surface area contributed by atoms with Crippen molar-refractivity contribution >= 4 is 27.2 Å². The van der Waals surface area contributed by atoms with E-state index in [0.29, 0.717) is 0 Å². The van der Waals surface area contributed by atoms with E-state index in [2.05, 4.69) is 76.0 Å². The van der Waals surface area contributed by atoms with E-state index in [1.54, 1.807) is 11.3 Å². The molecule has 4 rings (SSSR count). The summed E-state index contributed by atoms with van der Waals surface area (Å²) >= 11 is 1.67. The van der Waals surface area contributed by atoms with Crippen LogP contribution in [0.5, 0.6) is 0 Å². The highest BCUT2D eigenvalue weighted by Crippen LogP contribution is 2.21. The molecule has 3 heterocycles. The molecule has 5 heteroatoms. The highest BCUT2D eigenvalue weighted by Gasteiger charge is 2.12. The van der Waals surface area contributed by atoms with Gasteiger partial charge in [-0.3, -0.25) is 4.40 Å². The van der Waals surface area contributed by atoms with Gasteiger partial charge in [0, 0.05) is 47.8 Å². The second-order valence-electron chi connectivity index (χ2n) is 6.08. The van der Waals surface area contributed by atoms with E-state index in [4.69, 9.17) is 0 Å². The summed E-state index contributed by atoms with van der Waals surface area (Å²) in [5.41, 5.74) is 5.09. The van der Waals surface area contributed by atoms with E-state index in [1.807, 2.05) is 6.20 Å². The number of imidazole rings is 1. The lowest BCUT2D eigenvalue weighted by atomic mass is 10.1. The molecule has 3 aromatic heterocycles. The summed E-state index contributed by atoms with van der Waals surface area (Å²) in [5.74, 6) is 0. The van der Waals surface area contributed by atoms with Crippen molar-refractivity contribution in [2.75, 3.05) is 0 Å². The van der Waals surface area contributed by atoms with Gasteiger partial charge < -0.3 is 9.88 Å². The van der Waals surface area contributed by atoms with E-state index in [-0.39, 0.29) is 6.04 Å². The Hall–Kier alpha value is -2.11. The fraction of sp³-hybridized carbons (Fsp3) is 0.278. The van der Waals surface area contributed by atoms with Crippen LogP contribution in [-0.2, 0) is 13.6 Å². The molecular formula is C18H20N4S. The summed E-state index contributed by atoms with van der Waals surface area (Å²) in [4.78, 5) is 5.50. The van der Waals surface area contributed by atoms with Gasteiger partial charge in [-0.05, 0) is 37.6 Å². The fourth-order valence-electron chi connectivity index (χ4n) is 3.09. The molecule has 23 heavy (non-hydrogen) atoms. The predicted octanol–water partition coefficient (Wildman–Crippen LogP) is 4.05. The predicted molar refractivity (Wildman–Crippen MR) is 96.0 cm³/mol. The zero-order valence-electron chi connectivity index (χ0n) is 13.6. The number of aromatic nitrogens is 3. The SMILES string of the molecule is Cc1cc2cc(CNC(C)c3cnc4sccn34)ccc2n1C. The molecule has 1 aromatic carbocycles. The molecule has 0 amide bonds. The lowest BCUT2D eigenvalue weighted by Gasteiger charge is -2.13. The van der Waals surface area contributed by atoms with Gasteiger partial charge in [0.15, 0.2) is 4.96 Å². The van der Waals surface area contributed by atoms with Gasteiger partial charge in [-0.15, -0.1) is 11.3 Å².